The van der Waals surface area contributed by atoms with E-state index in [2.05, 4.69) is 15.5 Å². The molecule has 6 aromatic carbocycles. The summed E-state index contributed by atoms with van der Waals surface area (Å²) in [4.78, 5) is 37.1. The number of nitrogens with one attached hydrogen (secondary N) is 1. The van der Waals surface area contributed by atoms with Gasteiger partial charge in [0.05, 0.1) is 84.1 Å². The van der Waals surface area contributed by atoms with E-state index in [-0.39, 0.29) is 22.8 Å². The van der Waals surface area contributed by atoms with Gasteiger partial charge in [-0.15, -0.1) is 0 Å². The Hall–Kier alpha value is -10.2. The SMILES string of the molecule is Cc1noc(C)c1-c1c(C(=O)Cl)c2ccccc2n1-c1ccc(O)cc1.Cc1noc(C)c1-c1c(C(=O)NO)c2ccccc2n1-c1ccc(O)cc1.Cc1noc(C)c1-c1c(C(=O)O)c2ccccc2n1-c1ccc(O)cc1. The highest BCUT2D eigenvalue weighted by Gasteiger charge is 2.31. The number of carbonyl (C=O) groups excluding carboxylic acids is 2. The summed E-state index contributed by atoms with van der Waals surface area (Å²) in [6.45, 7) is 10.7. The van der Waals surface area contributed by atoms with Gasteiger partial charge in [-0.2, -0.15) is 0 Å². The number of aryl methyl sites for hydroxylation is 6. The Morgan fingerprint density at radius 3 is 1.03 bits per heavy atom. The Bertz CT molecular complexity index is 4070. The maximum absolute atomic E-state index is 12.6. The first-order chi connectivity index (χ1) is 38.0. The highest BCUT2D eigenvalue weighted by molar-refractivity contribution is 6.69. The van der Waals surface area contributed by atoms with E-state index in [1.54, 1.807) is 119 Å². The van der Waals surface area contributed by atoms with Crippen LogP contribution in [0.5, 0.6) is 17.2 Å². The van der Waals surface area contributed by atoms with Gasteiger partial charge in [-0.1, -0.05) is 70.1 Å². The number of aromatic hydroxyl groups is 3. The van der Waals surface area contributed by atoms with Crippen LogP contribution < -0.4 is 5.48 Å². The number of halogens is 1. The number of aromatic nitrogens is 6. The number of rotatable bonds is 9. The fourth-order valence-electron chi connectivity index (χ4n) is 10.2. The first-order valence-corrected chi connectivity index (χ1v) is 24.8. The molecule has 0 fully saturated rings. The number of carbonyl (C=O) groups is 3. The van der Waals surface area contributed by atoms with Crippen LogP contribution in [-0.4, -0.2) is 71.9 Å². The second-order valence-corrected chi connectivity index (χ2v) is 18.7. The normalized spacial score (nSPS) is 11.1. The van der Waals surface area contributed by atoms with Gasteiger partial charge < -0.3 is 47.7 Å². The van der Waals surface area contributed by atoms with Crippen molar-refractivity contribution in [2.45, 2.75) is 41.5 Å². The van der Waals surface area contributed by atoms with Crippen molar-refractivity contribution in [2.24, 2.45) is 0 Å². The van der Waals surface area contributed by atoms with Crippen LogP contribution >= 0.6 is 11.6 Å². The van der Waals surface area contributed by atoms with Crippen LogP contribution in [0.15, 0.2) is 159 Å². The Kier molecular flexibility index (Phi) is 14.0. The summed E-state index contributed by atoms with van der Waals surface area (Å²) in [5.74, 6) is 0.509. The number of carboxylic acids is 1. The molecular formula is C60H48ClN7O11. The third-order valence-electron chi connectivity index (χ3n) is 13.5. The highest BCUT2D eigenvalue weighted by atomic mass is 35.5. The fourth-order valence-corrected chi connectivity index (χ4v) is 10.4. The van der Waals surface area contributed by atoms with Gasteiger partial charge in [-0.05, 0) is 144 Å². The molecule has 0 spiro atoms. The molecule has 19 heteroatoms. The lowest BCUT2D eigenvalue weighted by molar-refractivity contribution is 0.0696. The Morgan fingerprint density at radius 2 is 0.734 bits per heavy atom. The molecular weight excluding hydrogens is 1030 g/mol. The minimum atomic E-state index is -1.02. The number of fused-ring (bicyclic) bond motifs is 3. The van der Waals surface area contributed by atoms with Gasteiger partial charge in [-0.3, -0.25) is 14.8 Å². The van der Waals surface area contributed by atoms with Gasteiger partial charge in [0, 0.05) is 33.2 Å². The molecule has 12 aromatic rings. The molecule has 0 unspecified atom stereocenters. The standard InChI is InChI=1S/C20H15ClN2O3.C20H17N3O4.C20H16N2O4/c1-11-17(12(2)26-22-11)19-18(20(21)25)15-5-3-4-6-16(15)23(19)13-7-9-14(24)10-8-13;1-11-17(12(2)27-22-11)19-18(20(25)21-26)15-5-3-4-6-16(15)23(19)13-7-9-14(24)10-8-13;1-11-17(12(2)26-21-11)19-18(20(24)25)15-5-3-4-6-16(15)22(19)13-7-9-14(23)10-8-13/h3-10,24H,1-2H3;3-10,24,26H,1-2H3,(H,21,25);3-10,23H,1-2H3,(H,24,25). The third kappa shape index (κ3) is 9.30. The molecule has 0 saturated heterocycles. The maximum Gasteiger partial charge on any atom is 0.338 e. The van der Waals surface area contributed by atoms with Crippen LogP contribution in [0.4, 0.5) is 0 Å². The zero-order valence-corrected chi connectivity index (χ0v) is 43.9. The quantitative estimate of drug-likeness (QED) is 0.0446. The number of hydrogen-bond acceptors (Lipinski definition) is 13. The van der Waals surface area contributed by atoms with Crippen molar-refractivity contribution in [3.8, 4) is 68.1 Å². The molecule has 0 aliphatic rings. The van der Waals surface area contributed by atoms with Gasteiger partial charge in [0.2, 0.25) is 0 Å². The topological polar surface area (TPSA) is 257 Å². The van der Waals surface area contributed by atoms with Crippen molar-refractivity contribution in [1.82, 2.24) is 34.7 Å². The van der Waals surface area contributed by atoms with E-state index in [0.717, 1.165) is 44.6 Å². The molecule has 0 aliphatic carbocycles. The number of hydroxylamine groups is 1. The van der Waals surface area contributed by atoms with E-state index in [1.807, 2.05) is 87.4 Å². The van der Waals surface area contributed by atoms with Crippen molar-refractivity contribution in [1.29, 1.82) is 0 Å². The molecule has 0 radical (unpaired) electrons. The molecule has 0 saturated carbocycles. The largest absolute Gasteiger partial charge is 0.508 e. The van der Waals surface area contributed by atoms with E-state index < -0.39 is 17.1 Å². The molecule has 79 heavy (non-hydrogen) atoms. The summed E-state index contributed by atoms with van der Waals surface area (Å²) in [5.41, 5.74) is 13.0. The maximum atomic E-state index is 12.6. The zero-order valence-electron chi connectivity index (χ0n) is 43.1. The number of hydrogen-bond donors (Lipinski definition) is 6. The molecule has 6 aromatic heterocycles. The number of para-hydroxylation sites is 3. The van der Waals surface area contributed by atoms with Crippen LogP contribution in [0.3, 0.4) is 0 Å². The van der Waals surface area contributed by atoms with Gasteiger partial charge >= 0.3 is 5.97 Å². The van der Waals surface area contributed by atoms with Gasteiger partial charge in [0.1, 0.15) is 34.5 Å². The first-order valence-electron chi connectivity index (χ1n) is 24.5. The van der Waals surface area contributed by atoms with Crippen LogP contribution in [0.25, 0.3) is 83.5 Å². The van der Waals surface area contributed by atoms with Crippen molar-refractivity contribution in [3.63, 3.8) is 0 Å². The van der Waals surface area contributed by atoms with Crippen LogP contribution in [0.1, 0.15) is 65.4 Å². The number of amides is 1. The summed E-state index contributed by atoms with van der Waals surface area (Å²) < 4.78 is 21.7. The lowest BCUT2D eigenvalue weighted by Gasteiger charge is -2.12. The second kappa shape index (κ2) is 21.1. The van der Waals surface area contributed by atoms with E-state index in [9.17, 15) is 40.0 Å². The molecule has 0 atom stereocenters. The summed E-state index contributed by atoms with van der Waals surface area (Å²) >= 11 is 5.99. The molecule has 0 aliphatic heterocycles. The molecule has 6 heterocycles. The number of aromatic carboxylic acids is 1. The number of carboxylic acid groups (broad SMARTS) is 1. The molecule has 1 amide bonds. The molecule has 12 rings (SSSR count). The smallest absolute Gasteiger partial charge is 0.338 e. The zero-order chi connectivity index (χ0) is 56.0. The van der Waals surface area contributed by atoms with Gasteiger partial charge in [0.25, 0.3) is 11.1 Å². The predicted molar refractivity (Wildman–Crippen MR) is 296 cm³/mol. The number of nitrogens with zero attached hydrogens (tertiary/aromatic N) is 6. The minimum Gasteiger partial charge on any atom is -0.508 e. The summed E-state index contributed by atoms with van der Waals surface area (Å²) in [5, 5.41) is 61.7. The van der Waals surface area contributed by atoms with Gasteiger partial charge in [-0.25, -0.2) is 10.3 Å². The van der Waals surface area contributed by atoms with E-state index >= 15 is 0 Å². The Labute approximate surface area is 454 Å². The average molecular weight is 1080 g/mol. The van der Waals surface area contributed by atoms with Crippen molar-refractivity contribution in [3.05, 3.63) is 197 Å². The molecule has 18 nitrogen and oxygen atoms in total. The van der Waals surface area contributed by atoms with Crippen LogP contribution in [0, 0.1) is 41.5 Å². The first kappa shape index (κ1) is 52.3. The summed E-state index contributed by atoms with van der Waals surface area (Å²) in [7, 11) is 0. The van der Waals surface area contributed by atoms with Crippen molar-refractivity contribution in [2.75, 3.05) is 0 Å². The number of phenols is 3. The monoisotopic (exact) mass is 1080 g/mol. The lowest BCUT2D eigenvalue weighted by atomic mass is 10.0. The fraction of sp³-hybridized carbons (Fsp3) is 0.100. The Balaban J connectivity index is 0.000000134. The molecule has 6 N–H and O–H groups in total. The minimum absolute atomic E-state index is 0.141. The van der Waals surface area contributed by atoms with E-state index in [0.29, 0.717) is 84.5 Å². The highest BCUT2D eigenvalue weighted by Crippen LogP contribution is 2.43. The van der Waals surface area contributed by atoms with Crippen LogP contribution in [-0.2, 0) is 0 Å². The molecule has 0 bridgehead atoms. The van der Waals surface area contributed by atoms with Crippen LogP contribution in [0.2, 0.25) is 0 Å². The van der Waals surface area contributed by atoms with Crippen molar-refractivity contribution >= 4 is 61.4 Å². The lowest BCUT2D eigenvalue weighted by Crippen LogP contribution is -2.19. The molecule has 396 valence electrons. The number of phenolic OH excluding ortho intramolecular Hbond substituents is 3. The second-order valence-electron chi connectivity index (χ2n) is 18.4. The van der Waals surface area contributed by atoms with Crippen molar-refractivity contribution < 1.29 is 53.6 Å². The third-order valence-corrected chi connectivity index (χ3v) is 13.7. The Morgan fingerprint density at radius 1 is 0.443 bits per heavy atom. The average Bonchev–Trinajstić information content (AvgIpc) is 4.18. The van der Waals surface area contributed by atoms with Gasteiger partial charge in [0.15, 0.2) is 0 Å². The predicted octanol–water partition coefficient (Wildman–Crippen LogP) is 13.0. The summed E-state index contributed by atoms with van der Waals surface area (Å²) in [6, 6.07) is 42.4. The van der Waals surface area contributed by atoms with E-state index in [4.69, 9.17) is 25.2 Å². The summed E-state index contributed by atoms with van der Waals surface area (Å²) in [6.07, 6.45) is 0. The van der Waals surface area contributed by atoms with E-state index in [1.165, 1.54) is 0 Å². The number of benzene rings is 6.